The van der Waals surface area contributed by atoms with Gasteiger partial charge < -0.3 is 14.8 Å². The summed E-state index contributed by atoms with van der Waals surface area (Å²) in [6, 6.07) is 11.3. The standard InChI is InChI=1S/C23H25N3O3/c1-15-20(12-17-7-8-19(28-2)13-21(17)26-15)23(27)25-14-16-9-10-24-22(11-16)29-18-5-3-4-6-18/h7-13,18H,3-6,14H2,1-2H3,(H,25,27). The summed E-state index contributed by atoms with van der Waals surface area (Å²) in [4.78, 5) is 21.6. The van der Waals surface area contributed by atoms with Gasteiger partial charge in [0.15, 0.2) is 0 Å². The van der Waals surface area contributed by atoms with Gasteiger partial charge in [-0.3, -0.25) is 9.78 Å². The predicted molar refractivity (Wildman–Crippen MR) is 111 cm³/mol. The van der Waals surface area contributed by atoms with Crippen molar-refractivity contribution < 1.29 is 14.3 Å². The minimum absolute atomic E-state index is 0.150. The number of nitrogens with one attached hydrogen (secondary N) is 1. The zero-order chi connectivity index (χ0) is 20.2. The molecule has 2 aromatic heterocycles. The van der Waals surface area contributed by atoms with Crippen LogP contribution < -0.4 is 14.8 Å². The lowest BCUT2D eigenvalue weighted by Crippen LogP contribution is -2.24. The molecule has 6 heteroatoms. The molecule has 2 heterocycles. The fourth-order valence-electron chi connectivity index (χ4n) is 3.68. The first-order chi connectivity index (χ1) is 14.1. The lowest BCUT2D eigenvalue weighted by atomic mass is 10.1. The lowest BCUT2D eigenvalue weighted by molar-refractivity contribution is 0.0950. The summed E-state index contributed by atoms with van der Waals surface area (Å²) in [5.74, 6) is 1.22. The van der Waals surface area contributed by atoms with Crippen LogP contribution in [0.25, 0.3) is 10.9 Å². The Bertz CT molecular complexity index is 1030. The molecule has 0 unspecified atom stereocenters. The van der Waals surface area contributed by atoms with E-state index in [0.717, 1.165) is 35.1 Å². The van der Waals surface area contributed by atoms with Crippen molar-refractivity contribution in [2.24, 2.45) is 0 Å². The average molecular weight is 391 g/mol. The Labute approximate surface area is 170 Å². The molecule has 0 bridgehead atoms. The van der Waals surface area contributed by atoms with Gasteiger partial charge in [-0.05, 0) is 62.4 Å². The normalized spacial score (nSPS) is 14.1. The van der Waals surface area contributed by atoms with E-state index in [4.69, 9.17) is 9.47 Å². The summed E-state index contributed by atoms with van der Waals surface area (Å²) in [5, 5.41) is 3.88. The van der Waals surface area contributed by atoms with Crippen LogP contribution in [-0.4, -0.2) is 29.1 Å². The number of nitrogens with zero attached hydrogens (tertiary/aromatic N) is 2. The first-order valence-electron chi connectivity index (χ1n) is 9.97. The molecule has 3 aromatic rings. The highest BCUT2D eigenvalue weighted by molar-refractivity contribution is 5.98. The quantitative estimate of drug-likeness (QED) is 0.682. The number of benzene rings is 1. The Kier molecular flexibility index (Phi) is 5.60. The molecule has 4 rings (SSSR count). The van der Waals surface area contributed by atoms with Crippen molar-refractivity contribution in [3.05, 3.63) is 59.4 Å². The van der Waals surface area contributed by atoms with Crippen LogP contribution in [0.3, 0.4) is 0 Å². The summed E-state index contributed by atoms with van der Waals surface area (Å²) in [7, 11) is 1.62. The first kappa shape index (κ1) is 19.2. The molecule has 0 radical (unpaired) electrons. The van der Waals surface area contributed by atoms with E-state index in [0.29, 0.717) is 23.7 Å². The summed E-state index contributed by atoms with van der Waals surface area (Å²) in [6.45, 7) is 2.25. The molecule has 0 spiro atoms. The van der Waals surface area contributed by atoms with E-state index >= 15 is 0 Å². The lowest BCUT2D eigenvalue weighted by Gasteiger charge is -2.13. The van der Waals surface area contributed by atoms with Crippen LogP contribution in [-0.2, 0) is 6.54 Å². The molecule has 1 aliphatic rings. The number of hydrogen-bond donors (Lipinski definition) is 1. The van der Waals surface area contributed by atoms with Crippen LogP contribution in [0.4, 0.5) is 0 Å². The summed E-state index contributed by atoms with van der Waals surface area (Å²) in [5.41, 5.74) is 3.01. The Morgan fingerprint density at radius 3 is 2.79 bits per heavy atom. The second kappa shape index (κ2) is 8.47. The Balaban J connectivity index is 1.45. The molecular weight excluding hydrogens is 366 g/mol. The van der Waals surface area contributed by atoms with Crippen molar-refractivity contribution in [1.82, 2.24) is 15.3 Å². The number of ether oxygens (including phenoxy) is 2. The zero-order valence-electron chi connectivity index (χ0n) is 16.8. The van der Waals surface area contributed by atoms with E-state index in [-0.39, 0.29) is 12.0 Å². The van der Waals surface area contributed by atoms with Crippen LogP contribution in [0.2, 0.25) is 0 Å². The van der Waals surface area contributed by atoms with E-state index in [1.165, 1.54) is 12.8 Å². The molecule has 29 heavy (non-hydrogen) atoms. The zero-order valence-corrected chi connectivity index (χ0v) is 16.8. The molecule has 1 N–H and O–H groups in total. The van der Waals surface area contributed by atoms with E-state index in [1.807, 2.05) is 43.3 Å². The van der Waals surface area contributed by atoms with E-state index in [9.17, 15) is 4.79 Å². The molecule has 1 aliphatic carbocycles. The maximum atomic E-state index is 12.7. The third-order valence-corrected chi connectivity index (χ3v) is 5.30. The summed E-state index contributed by atoms with van der Waals surface area (Å²) < 4.78 is 11.2. The Hall–Kier alpha value is -3.15. The number of aromatic nitrogens is 2. The highest BCUT2D eigenvalue weighted by Crippen LogP contribution is 2.24. The molecule has 1 fully saturated rings. The van der Waals surface area contributed by atoms with Crippen molar-refractivity contribution in [1.29, 1.82) is 0 Å². The van der Waals surface area contributed by atoms with Crippen molar-refractivity contribution in [3.8, 4) is 11.6 Å². The second-order valence-electron chi connectivity index (χ2n) is 7.39. The molecule has 150 valence electrons. The van der Waals surface area contributed by atoms with Gasteiger partial charge in [0.05, 0.1) is 23.9 Å². The fourth-order valence-corrected chi connectivity index (χ4v) is 3.68. The topological polar surface area (TPSA) is 73.3 Å². The van der Waals surface area contributed by atoms with E-state index in [2.05, 4.69) is 15.3 Å². The predicted octanol–water partition coefficient (Wildman–Crippen LogP) is 4.20. The molecule has 1 amide bonds. The number of rotatable bonds is 6. The van der Waals surface area contributed by atoms with Gasteiger partial charge in [-0.2, -0.15) is 0 Å². The number of aryl methyl sites for hydroxylation is 1. The number of pyridine rings is 2. The van der Waals surface area contributed by atoms with Crippen LogP contribution in [0.1, 0.15) is 47.3 Å². The molecular formula is C23H25N3O3. The maximum absolute atomic E-state index is 12.7. The Morgan fingerprint density at radius 1 is 1.17 bits per heavy atom. The molecule has 0 aliphatic heterocycles. The third kappa shape index (κ3) is 4.47. The number of fused-ring (bicyclic) bond motifs is 1. The summed E-state index contributed by atoms with van der Waals surface area (Å²) in [6.07, 6.45) is 6.59. The van der Waals surface area contributed by atoms with Gasteiger partial charge in [0.2, 0.25) is 5.88 Å². The van der Waals surface area contributed by atoms with Crippen molar-refractivity contribution in [3.63, 3.8) is 0 Å². The van der Waals surface area contributed by atoms with Crippen molar-refractivity contribution >= 4 is 16.8 Å². The third-order valence-electron chi connectivity index (χ3n) is 5.30. The van der Waals surface area contributed by atoms with Crippen molar-refractivity contribution in [2.45, 2.75) is 45.3 Å². The SMILES string of the molecule is COc1ccc2cc(C(=O)NCc3ccnc(OC4CCCC4)c3)c(C)nc2c1. The van der Waals surface area contributed by atoms with Gasteiger partial charge in [-0.15, -0.1) is 0 Å². The molecule has 6 nitrogen and oxygen atoms in total. The number of methoxy groups -OCH3 is 1. The maximum Gasteiger partial charge on any atom is 0.253 e. The van der Waals surface area contributed by atoms with Crippen LogP contribution in [0.15, 0.2) is 42.6 Å². The van der Waals surface area contributed by atoms with Gasteiger partial charge in [-0.25, -0.2) is 4.98 Å². The molecule has 1 aromatic carbocycles. The largest absolute Gasteiger partial charge is 0.497 e. The average Bonchev–Trinajstić information content (AvgIpc) is 3.24. The van der Waals surface area contributed by atoms with Crippen LogP contribution in [0, 0.1) is 6.92 Å². The first-order valence-corrected chi connectivity index (χ1v) is 9.97. The Morgan fingerprint density at radius 2 is 2.00 bits per heavy atom. The minimum atomic E-state index is -0.150. The van der Waals surface area contributed by atoms with Crippen molar-refractivity contribution in [2.75, 3.05) is 7.11 Å². The number of amides is 1. The highest BCUT2D eigenvalue weighted by atomic mass is 16.5. The van der Waals surface area contributed by atoms with E-state index in [1.54, 1.807) is 13.3 Å². The van der Waals surface area contributed by atoms with Gasteiger partial charge in [-0.1, -0.05) is 0 Å². The van der Waals surface area contributed by atoms with Crippen LogP contribution in [0.5, 0.6) is 11.6 Å². The minimum Gasteiger partial charge on any atom is -0.497 e. The highest BCUT2D eigenvalue weighted by Gasteiger charge is 2.17. The fraction of sp³-hybridized carbons (Fsp3) is 0.348. The van der Waals surface area contributed by atoms with Gasteiger partial charge in [0.1, 0.15) is 11.9 Å². The number of carbonyl (C=O) groups is 1. The molecule has 0 atom stereocenters. The second-order valence-corrected chi connectivity index (χ2v) is 7.39. The van der Waals surface area contributed by atoms with Crippen LogP contribution >= 0.6 is 0 Å². The van der Waals surface area contributed by atoms with Gasteiger partial charge >= 0.3 is 0 Å². The number of carbonyl (C=O) groups excluding carboxylic acids is 1. The van der Waals surface area contributed by atoms with Gasteiger partial charge in [0.25, 0.3) is 5.91 Å². The van der Waals surface area contributed by atoms with E-state index < -0.39 is 0 Å². The molecule has 0 saturated heterocycles. The monoisotopic (exact) mass is 391 g/mol. The number of hydrogen-bond acceptors (Lipinski definition) is 5. The van der Waals surface area contributed by atoms with Gasteiger partial charge in [0, 0.05) is 30.3 Å². The summed E-state index contributed by atoms with van der Waals surface area (Å²) >= 11 is 0. The molecule has 1 saturated carbocycles. The smallest absolute Gasteiger partial charge is 0.253 e.